The predicted octanol–water partition coefficient (Wildman–Crippen LogP) is 4.56. The molecule has 32 heavy (non-hydrogen) atoms. The molecule has 0 fully saturated rings. The highest BCUT2D eigenvalue weighted by molar-refractivity contribution is 7.98. The molecule has 1 amide bonds. The Hall–Kier alpha value is -2.67. The van der Waals surface area contributed by atoms with E-state index in [1.807, 2.05) is 18.2 Å². The Balaban J connectivity index is 2.09. The number of aromatic nitrogens is 1. The summed E-state index contributed by atoms with van der Waals surface area (Å²) in [6.07, 6.45) is 0.884. The molecular formula is C26H32N4OS. The van der Waals surface area contributed by atoms with Crippen molar-refractivity contribution in [2.45, 2.75) is 50.9 Å². The number of aryl methyl sites for hydroxylation is 1. The molecule has 0 aliphatic heterocycles. The Morgan fingerprint density at radius 1 is 1.03 bits per heavy atom. The number of thioether (sulfide) groups is 1. The van der Waals surface area contributed by atoms with Crippen molar-refractivity contribution < 1.29 is 4.79 Å². The number of carbonyl (C=O) groups excluding carboxylic acids is 1. The predicted molar refractivity (Wildman–Crippen MR) is 133 cm³/mol. The SMILES string of the molecule is Cc1nc(CC(C)C)c(CN)c(-c2ccc(CN)cc2)c1CSc1cccc(C(N)=O)c1. The van der Waals surface area contributed by atoms with Crippen LogP contribution in [-0.2, 0) is 25.3 Å². The number of amides is 1. The van der Waals surface area contributed by atoms with Crippen molar-refractivity contribution in [3.05, 3.63) is 82.2 Å². The third kappa shape index (κ3) is 5.57. The number of pyridine rings is 1. The summed E-state index contributed by atoms with van der Waals surface area (Å²) in [5.74, 6) is 0.773. The lowest BCUT2D eigenvalue weighted by molar-refractivity contribution is 0.1000. The highest BCUT2D eigenvalue weighted by Gasteiger charge is 2.19. The van der Waals surface area contributed by atoms with E-state index in [1.165, 1.54) is 0 Å². The molecule has 2 aromatic carbocycles. The quantitative estimate of drug-likeness (QED) is 0.416. The second-order valence-electron chi connectivity index (χ2n) is 8.36. The third-order valence-electron chi connectivity index (χ3n) is 5.48. The molecule has 5 nitrogen and oxygen atoms in total. The van der Waals surface area contributed by atoms with Crippen LogP contribution in [0.15, 0.2) is 53.4 Å². The van der Waals surface area contributed by atoms with Crippen molar-refractivity contribution in [1.29, 1.82) is 0 Å². The van der Waals surface area contributed by atoms with Crippen LogP contribution >= 0.6 is 11.8 Å². The fourth-order valence-electron chi connectivity index (χ4n) is 3.85. The molecule has 6 N–H and O–H groups in total. The van der Waals surface area contributed by atoms with Gasteiger partial charge in [0.1, 0.15) is 0 Å². The first-order valence-electron chi connectivity index (χ1n) is 10.9. The lowest BCUT2D eigenvalue weighted by atomic mass is 9.90. The molecule has 0 saturated heterocycles. The van der Waals surface area contributed by atoms with Gasteiger partial charge in [-0.1, -0.05) is 44.2 Å². The van der Waals surface area contributed by atoms with Crippen molar-refractivity contribution in [3.8, 4) is 11.1 Å². The fourth-order valence-corrected chi connectivity index (χ4v) is 4.90. The zero-order valence-corrected chi connectivity index (χ0v) is 19.8. The molecule has 1 heterocycles. The summed E-state index contributed by atoms with van der Waals surface area (Å²) < 4.78 is 0. The summed E-state index contributed by atoms with van der Waals surface area (Å²) in [6, 6.07) is 15.8. The molecule has 6 heteroatoms. The third-order valence-corrected chi connectivity index (χ3v) is 6.50. The second-order valence-corrected chi connectivity index (χ2v) is 9.41. The zero-order chi connectivity index (χ0) is 23.3. The van der Waals surface area contributed by atoms with Gasteiger partial charge in [0, 0.05) is 40.7 Å². The van der Waals surface area contributed by atoms with Gasteiger partial charge in [-0.3, -0.25) is 9.78 Å². The number of rotatable bonds is 9. The van der Waals surface area contributed by atoms with Crippen molar-refractivity contribution in [3.63, 3.8) is 0 Å². The Labute approximate surface area is 194 Å². The molecule has 0 aliphatic rings. The Bertz CT molecular complexity index is 1090. The fraction of sp³-hybridized carbons (Fsp3) is 0.308. The van der Waals surface area contributed by atoms with E-state index in [9.17, 15) is 4.79 Å². The maximum atomic E-state index is 11.6. The van der Waals surface area contributed by atoms with Gasteiger partial charge in [-0.25, -0.2) is 0 Å². The number of hydrogen-bond acceptors (Lipinski definition) is 5. The highest BCUT2D eigenvalue weighted by atomic mass is 32.2. The van der Waals surface area contributed by atoms with Gasteiger partial charge in [-0.15, -0.1) is 11.8 Å². The van der Waals surface area contributed by atoms with Gasteiger partial charge in [-0.2, -0.15) is 0 Å². The molecule has 0 atom stereocenters. The minimum Gasteiger partial charge on any atom is -0.366 e. The average Bonchev–Trinajstić information content (AvgIpc) is 2.78. The van der Waals surface area contributed by atoms with Crippen molar-refractivity contribution in [2.24, 2.45) is 23.1 Å². The van der Waals surface area contributed by atoms with E-state index in [0.29, 0.717) is 30.3 Å². The van der Waals surface area contributed by atoms with Crippen molar-refractivity contribution in [2.75, 3.05) is 0 Å². The average molecular weight is 449 g/mol. The lowest BCUT2D eigenvalue weighted by Crippen LogP contribution is -2.13. The standard InChI is InChI=1S/C26H32N4OS/c1-16(2)11-24-22(14-28)25(19-9-7-18(13-27)8-10-19)23(17(3)30-24)15-32-21-6-4-5-20(12-21)26(29)31/h4-10,12,16H,11,13-15,27-28H2,1-3H3,(H2,29,31). The van der Waals surface area contributed by atoms with Crippen LogP contribution in [-0.4, -0.2) is 10.9 Å². The summed E-state index contributed by atoms with van der Waals surface area (Å²) in [7, 11) is 0. The number of hydrogen-bond donors (Lipinski definition) is 3. The monoisotopic (exact) mass is 448 g/mol. The van der Waals surface area contributed by atoms with Gasteiger partial charge >= 0.3 is 0 Å². The van der Waals surface area contributed by atoms with Crippen LogP contribution in [0.3, 0.4) is 0 Å². The number of nitrogens with two attached hydrogens (primary N) is 3. The van der Waals surface area contributed by atoms with Gasteiger partial charge in [0.25, 0.3) is 0 Å². The summed E-state index contributed by atoms with van der Waals surface area (Å²) in [5, 5.41) is 0. The van der Waals surface area contributed by atoms with E-state index < -0.39 is 5.91 Å². The number of nitrogens with zero attached hydrogens (tertiary/aromatic N) is 1. The van der Waals surface area contributed by atoms with Gasteiger partial charge < -0.3 is 17.2 Å². The van der Waals surface area contributed by atoms with Crippen LogP contribution in [0, 0.1) is 12.8 Å². The summed E-state index contributed by atoms with van der Waals surface area (Å²) in [4.78, 5) is 17.5. The Morgan fingerprint density at radius 3 is 2.34 bits per heavy atom. The number of carbonyl (C=O) groups is 1. The van der Waals surface area contributed by atoms with Crippen LogP contribution < -0.4 is 17.2 Å². The molecule has 168 valence electrons. The van der Waals surface area contributed by atoms with Crippen LogP contribution in [0.4, 0.5) is 0 Å². The minimum absolute atomic E-state index is 0.422. The van der Waals surface area contributed by atoms with Crippen molar-refractivity contribution in [1.82, 2.24) is 4.98 Å². The van der Waals surface area contributed by atoms with Gasteiger partial charge in [0.15, 0.2) is 0 Å². The maximum Gasteiger partial charge on any atom is 0.248 e. The minimum atomic E-state index is -0.422. The smallest absolute Gasteiger partial charge is 0.248 e. The normalized spacial score (nSPS) is 11.2. The second kappa shape index (κ2) is 10.8. The van der Waals surface area contributed by atoms with E-state index in [1.54, 1.807) is 17.8 Å². The molecule has 0 aliphatic carbocycles. The molecular weight excluding hydrogens is 416 g/mol. The zero-order valence-electron chi connectivity index (χ0n) is 19.0. The number of benzene rings is 2. The topological polar surface area (TPSA) is 108 Å². The molecule has 0 spiro atoms. The van der Waals surface area contributed by atoms with Gasteiger partial charge in [-0.05, 0) is 65.3 Å². The molecule has 0 radical (unpaired) electrons. The largest absolute Gasteiger partial charge is 0.366 e. The Morgan fingerprint density at radius 2 is 1.75 bits per heavy atom. The van der Waals surface area contributed by atoms with E-state index in [2.05, 4.69) is 45.0 Å². The molecule has 0 bridgehead atoms. The molecule has 0 saturated carbocycles. The first kappa shape index (κ1) is 24.0. The van der Waals surface area contributed by atoms with E-state index in [0.717, 1.165) is 50.5 Å². The van der Waals surface area contributed by atoms with Gasteiger partial charge in [0.05, 0.1) is 0 Å². The lowest BCUT2D eigenvalue weighted by Gasteiger charge is -2.21. The van der Waals surface area contributed by atoms with Crippen LogP contribution in [0.1, 0.15) is 52.3 Å². The summed E-state index contributed by atoms with van der Waals surface area (Å²) in [5.41, 5.74) is 25.8. The molecule has 0 unspecified atom stereocenters. The number of primary amides is 1. The van der Waals surface area contributed by atoms with Crippen LogP contribution in [0.5, 0.6) is 0 Å². The van der Waals surface area contributed by atoms with Gasteiger partial charge in [0.2, 0.25) is 5.91 Å². The Kier molecular flexibility index (Phi) is 8.07. The van der Waals surface area contributed by atoms with E-state index in [-0.39, 0.29) is 0 Å². The van der Waals surface area contributed by atoms with E-state index in [4.69, 9.17) is 22.2 Å². The van der Waals surface area contributed by atoms with Crippen molar-refractivity contribution >= 4 is 17.7 Å². The van der Waals surface area contributed by atoms with Crippen LogP contribution in [0.25, 0.3) is 11.1 Å². The molecule has 3 aromatic rings. The first-order valence-corrected chi connectivity index (χ1v) is 11.9. The maximum absolute atomic E-state index is 11.6. The molecule has 1 aromatic heterocycles. The highest BCUT2D eigenvalue weighted by Crippen LogP contribution is 2.36. The summed E-state index contributed by atoms with van der Waals surface area (Å²) >= 11 is 1.67. The first-order chi connectivity index (χ1) is 15.3. The molecule has 3 rings (SSSR count). The van der Waals surface area contributed by atoms with Crippen LogP contribution in [0.2, 0.25) is 0 Å². The summed E-state index contributed by atoms with van der Waals surface area (Å²) in [6.45, 7) is 7.40. The van der Waals surface area contributed by atoms with E-state index >= 15 is 0 Å².